The number of hydrogen-bond acceptors (Lipinski definition) is 7. The lowest BCUT2D eigenvalue weighted by atomic mass is 10.1. The topological polar surface area (TPSA) is 113 Å². The zero-order valence-corrected chi connectivity index (χ0v) is 18.9. The van der Waals surface area contributed by atoms with E-state index in [0.717, 1.165) is 0 Å². The van der Waals surface area contributed by atoms with Crippen LogP contribution in [-0.2, 0) is 0 Å². The van der Waals surface area contributed by atoms with Crippen LogP contribution in [0.1, 0.15) is 32.5 Å². The summed E-state index contributed by atoms with van der Waals surface area (Å²) in [6, 6.07) is 14.2. The van der Waals surface area contributed by atoms with Crippen LogP contribution < -0.4 is 30.7 Å². The molecule has 34 heavy (non-hydrogen) atoms. The summed E-state index contributed by atoms with van der Waals surface area (Å²) < 4.78 is 12.3. The molecule has 0 fully saturated rings. The Kier molecular flexibility index (Phi) is 6.46. The molecule has 172 valence electrons. The van der Waals surface area contributed by atoms with Gasteiger partial charge >= 0.3 is 5.97 Å². The number of carbonyl (C=O) groups excluding carboxylic acids is 2. The number of benzene rings is 2. The molecule has 2 heterocycles. The summed E-state index contributed by atoms with van der Waals surface area (Å²) in [6.07, 6.45) is 1.62. The molecule has 0 aliphatic heterocycles. The molecular formula is C25H19N2O6S-. The molecule has 0 atom stereocenters. The van der Waals surface area contributed by atoms with E-state index in [1.807, 2.05) is 0 Å². The third-order valence-corrected chi connectivity index (χ3v) is 5.70. The van der Waals surface area contributed by atoms with E-state index in [2.05, 4.69) is 11.7 Å². The van der Waals surface area contributed by atoms with Crippen molar-refractivity contribution in [3.8, 4) is 17.2 Å². The van der Waals surface area contributed by atoms with E-state index >= 15 is 0 Å². The number of esters is 1. The first kappa shape index (κ1) is 22.8. The molecule has 2 aromatic heterocycles. The summed E-state index contributed by atoms with van der Waals surface area (Å²) in [4.78, 5) is 37.0. The minimum atomic E-state index is -1.34. The SMILES string of the molecule is C=c1[nH]n(-c2cccc(C(=O)[O-])c2)c(=O)/c1=C\c1ccc(OC(=O)c2cccs2)c(OCC)c1. The Bertz CT molecular complexity index is 1530. The standard InChI is InChI=1S/C25H20N2O6S/c1-3-32-21-13-16(9-10-20(21)33-25(31)22-8-5-11-34-22)12-19-15(2)26-27(23(19)28)18-7-4-6-17(14-18)24(29)30/h4-14,26H,2-3H2,1H3,(H,29,30)/p-1/b19-12-. The van der Waals surface area contributed by atoms with Crippen LogP contribution in [0.15, 0.2) is 64.8 Å². The molecule has 9 heteroatoms. The summed E-state index contributed by atoms with van der Waals surface area (Å²) in [5.41, 5.74) is 0.494. The number of thiophene rings is 1. The number of ether oxygens (including phenoxy) is 2. The Morgan fingerprint density at radius 2 is 1.97 bits per heavy atom. The minimum absolute atomic E-state index is 0.0517. The lowest BCUT2D eigenvalue weighted by molar-refractivity contribution is -0.255. The van der Waals surface area contributed by atoms with E-state index < -0.39 is 17.5 Å². The predicted molar refractivity (Wildman–Crippen MR) is 126 cm³/mol. The Labute approximate surface area is 197 Å². The van der Waals surface area contributed by atoms with Crippen LogP contribution in [0.2, 0.25) is 0 Å². The van der Waals surface area contributed by atoms with Crippen LogP contribution in [0.4, 0.5) is 0 Å². The fraction of sp³-hybridized carbons (Fsp3) is 0.0800. The highest BCUT2D eigenvalue weighted by atomic mass is 32.1. The maximum atomic E-state index is 13.0. The molecule has 0 amide bonds. The van der Waals surface area contributed by atoms with Crippen LogP contribution >= 0.6 is 11.3 Å². The van der Waals surface area contributed by atoms with Crippen LogP contribution in [0.5, 0.6) is 11.5 Å². The molecule has 0 saturated heterocycles. The quantitative estimate of drug-likeness (QED) is 0.320. The van der Waals surface area contributed by atoms with E-state index in [1.165, 1.54) is 34.2 Å². The highest BCUT2D eigenvalue weighted by Gasteiger charge is 2.14. The van der Waals surface area contributed by atoms with Gasteiger partial charge in [-0.1, -0.05) is 30.8 Å². The molecule has 2 aromatic carbocycles. The number of aromatic carboxylic acids is 1. The predicted octanol–water partition coefficient (Wildman–Crippen LogP) is 1.45. The molecule has 0 radical (unpaired) electrons. The fourth-order valence-corrected chi connectivity index (χ4v) is 3.88. The van der Waals surface area contributed by atoms with E-state index in [-0.39, 0.29) is 16.5 Å². The normalized spacial score (nSPS) is 11.4. The van der Waals surface area contributed by atoms with Crippen molar-refractivity contribution >= 4 is 35.9 Å². The highest BCUT2D eigenvalue weighted by molar-refractivity contribution is 7.12. The van der Waals surface area contributed by atoms with Crippen molar-refractivity contribution in [3.63, 3.8) is 0 Å². The maximum Gasteiger partial charge on any atom is 0.353 e. The van der Waals surface area contributed by atoms with Crippen LogP contribution in [0.25, 0.3) is 18.3 Å². The van der Waals surface area contributed by atoms with Gasteiger partial charge in [-0.2, -0.15) is 0 Å². The number of carbonyl (C=O) groups is 2. The highest BCUT2D eigenvalue weighted by Crippen LogP contribution is 2.30. The van der Waals surface area contributed by atoms with E-state index in [4.69, 9.17) is 9.47 Å². The lowest BCUT2D eigenvalue weighted by Gasteiger charge is -2.10. The number of carboxylic acids is 1. The van der Waals surface area contributed by atoms with Gasteiger partial charge in [0, 0.05) is 0 Å². The first-order valence-electron chi connectivity index (χ1n) is 10.2. The van der Waals surface area contributed by atoms with Crippen molar-refractivity contribution in [2.24, 2.45) is 0 Å². The van der Waals surface area contributed by atoms with E-state index in [0.29, 0.717) is 33.8 Å². The van der Waals surface area contributed by atoms with Gasteiger partial charge in [0.25, 0.3) is 5.56 Å². The van der Waals surface area contributed by atoms with Crippen LogP contribution in [-0.4, -0.2) is 28.3 Å². The number of nitrogens with zero attached hydrogens (tertiary/aromatic N) is 1. The summed E-state index contributed by atoms with van der Waals surface area (Å²) in [5.74, 6) is -1.21. The van der Waals surface area contributed by atoms with Crippen molar-refractivity contribution in [2.45, 2.75) is 6.92 Å². The number of rotatable bonds is 7. The molecule has 0 aliphatic rings. The van der Waals surface area contributed by atoms with Gasteiger partial charge in [0.1, 0.15) is 4.88 Å². The van der Waals surface area contributed by atoms with E-state index in [9.17, 15) is 19.5 Å². The van der Waals surface area contributed by atoms with Gasteiger partial charge in [-0.3, -0.25) is 9.89 Å². The zero-order valence-electron chi connectivity index (χ0n) is 18.1. The zero-order chi connectivity index (χ0) is 24.2. The summed E-state index contributed by atoms with van der Waals surface area (Å²) in [7, 11) is 0. The second-order valence-electron chi connectivity index (χ2n) is 7.13. The molecular weight excluding hydrogens is 456 g/mol. The van der Waals surface area contributed by atoms with Crippen molar-refractivity contribution in [3.05, 3.63) is 96.9 Å². The maximum absolute atomic E-state index is 13.0. The van der Waals surface area contributed by atoms with Crippen LogP contribution in [0, 0.1) is 0 Å². The fourth-order valence-electron chi connectivity index (χ4n) is 3.28. The Morgan fingerprint density at radius 1 is 1.15 bits per heavy atom. The molecule has 0 bridgehead atoms. The number of nitrogens with one attached hydrogen (secondary N) is 1. The van der Waals surface area contributed by atoms with Gasteiger partial charge < -0.3 is 19.4 Å². The first-order chi connectivity index (χ1) is 16.4. The molecule has 0 spiro atoms. The van der Waals surface area contributed by atoms with Crippen molar-refractivity contribution < 1.29 is 24.2 Å². The van der Waals surface area contributed by atoms with E-state index in [1.54, 1.807) is 54.8 Å². The van der Waals surface area contributed by atoms with Gasteiger partial charge in [0.05, 0.1) is 28.8 Å². The summed E-state index contributed by atoms with van der Waals surface area (Å²) in [6.45, 7) is 6.04. The van der Waals surface area contributed by atoms with Gasteiger partial charge in [0.15, 0.2) is 11.5 Å². The molecule has 4 aromatic rings. The molecule has 0 aliphatic carbocycles. The Balaban J connectivity index is 1.72. The third kappa shape index (κ3) is 4.69. The largest absolute Gasteiger partial charge is 0.545 e. The molecule has 4 rings (SSSR count). The summed E-state index contributed by atoms with van der Waals surface area (Å²) in [5, 5.41) is 16.4. The minimum Gasteiger partial charge on any atom is -0.545 e. The first-order valence-corrected chi connectivity index (χ1v) is 11.1. The van der Waals surface area contributed by atoms with Gasteiger partial charge in [-0.25, -0.2) is 9.48 Å². The van der Waals surface area contributed by atoms with Crippen molar-refractivity contribution in [1.82, 2.24) is 9.78 Å². The number of hydrogen-bond donors (Lipinski definition) is 1. The van der Waals surface area contributed by atoms with Crippen molar-refractivity contribution in [1.29, 1.82) is 0 Å². The smallest absolute Gasteiger partial charge is 0.353 e. The lowest BCUT2D eigenvalue weighted by Crippen LogP contribution is -2.34. The molecule has 0 saturated carbocycles. The second kappa shape index (κ2) is 9.63. The van der Waals surface area contributed by atoms with Gasteiger partial charge in [-0.05, 0) is 59.8 Å². The number of carboxylic acid groups (broad SMARTS) is 1. The number of aromatic amines is 1. The van der Waals surface area contributed by atoms with Crippen LogP contribution in [0.3, 0.4) is 0 Å². The number of H-pyrrole nitrogens is 1. The van der Waals surface area contributed by atoms with Gasteiger partial charge in [-0.15, -0.1) is 11.3 Å². The molecule has 8 nitrogen and oxygen atoms in total. The average Bonchev–Trinajstić information content (AvgIpc) is 3.46. The third-order valence-electron chi connectivity index (χ3n) is 4.85. The Morgan fingerprint density at radius 3 is 2.68 bits per heavy atom. The summed E-state index contributed by atoms with van der Waals surface area (Å²) >= 11 is 1.28. The van der Waals surface area contributed by atoms with Gasteiger partial charge in [0.2, 0.25) is 0 Å². The van der Waals surface area contributed by atoms with Crippen molar-refractivity contribution in [2.75, 3.05) is 6.61 Å². The Hall–Kier alpha value is -4.37. The second-order valence-corrected chi connectivity index (χ2v) is 8.08. The monoisotopic (exact) mass is 475 g/mol. The average molecular weight is 476 g/mol. The molecule has 0 unspecified atom stereocenters. The number of aromatic nitrogens is 2. The molecule has 1 N–H and O–H groups in total.